The van der Waals surface area contributed by atoms with Crippen molar-refractivity contribution in [2.75, 3.05) is 26.0 Å². The van der Waals surface area contributed by atoms with Gasteiger partial charge in [-0.1, -0.05) is 6.07 Å². The second kappa shape index (κ2) is 8.60. The third-order valence-electron chi connectivity index (χ3n) is 5.39. The summed E-state index contributed by atoms with van der Waals surface area (Å²) in [6.45, 7) is 1.02. The fourth-order valence-electron chi connectivity index (χ4n) is 3.56. The Bertz CT molecular complexity index is 1250. The molecular formula is C23H23N3O5S. The van der Waals surface area contributed by atoms with Gasteiger partial charge in [0.2, 0.25) is 10.0 Å². The average molecular weight is 454 g/mol. The Morgan fingerprint density at radius 2 is 1.78 bits per heavy atom. The fraction of sp³-hybridized carbons (Fsp3) is 0.217. The predicted molar refractivity (Wildman–Crippen MR) is 119 cm³/mol. The zero-order chi connectivity index (χ0) is 22.9. The summed E-state index contributed by atoms with van der Waals surface area (Å²) in [6, 6.07) is 14.7. The van der Waals surface area contributed by atoms with Crippen molar-refractivity contribution in [2.45, 2.75) is 17.9 Å². The van der Waals surface area contributed by atoms with E-state index in [4.69, 9.17) is 4.42 Å². The van der Waals surface area contributed by atoms with E-state index in [1.807, 2.05) is 18.2 Å². The van der Waals surface area contributed by atoms with Gasteiger partial charge < -0.3 is 14.6 Å². The lowest BCUT2D eigenvalue weighted by molar-refractivity contribution is 0.0702. The number of nitrogens with zero attached hydrogens (tertiary/aromatic N) is 2. The van der Waals surface area contributed by atoms with Gasteiger partial charge in [0.1, 0.15) is 0 Å². The number of furan rings is 1. The summed E-state index contributed by atoms with van der Waals surface area (Å²) in [7, 11) is -0.647. The SMILES string of the molecule is CN(C)S(=O)(=O)c1ccc(C(=O)Nc2ccc3c(c2)CN(C(=O)c2ccco2)CC3)cc1. The molecule has 4 rings (SSSR count). The Morgan fingerprint density at radius 1 is 1.03 bits per heavy atom. The van der Waals surface area contributed by atoms with Crippen LogP contribution in [0.25, 0.3) is 0 Å². The Labute approximate surface area is 186 Å². The van der Waals surface area contributed by atoms with E-state index in [0.29, 0.717) is 30.1 Å². The normalized spacial score (nSPS) is 13.7. The highest BCUT2D eigenvalue weighted by atomic mass is 32.2. The van der Waals surface area contributed by atoms with Crippen LogP contribution >= 0.6 is 0 Å². The minimum atomic E-state index is -3.55. The molecule has 2 heterocycles. The van der Waals surface area contributed by atoms with Gasteiger partial charge in [0, 0.05) is 38.4 Å². The van der Waals surface area contributed by atoms with E-state index in [1.54, 1.807) is 17.0 Å². The van der Waals surface area contributed by atoms with Crippen LogP contribution in [-0.2, 0) is 23.0 Å². The Balaban J connectivity index is 1.47. The molecule has 0 atom stereocenters. The van der Waals surface area contributed by atoms with Crippen molar-refractivity contribution >= 4 is 27.5 Å². The molecule has 166 valence electrons. The zero-order valence-electron chi connectivity index (χ0n) is 17.7. The molecule has 0 aliphatic carbocycles. The molecule has 0 bridgehead atoms. The summed E-state index contributed by atoms with van der Waals surface area (Å²) < 4.78 is 30.7. The second-order valence-electron chi connectivity index (χ2n) is 7.70. The lowest BCUT2D eigenvalue weighted by atomic mass is 9.98. The van der Waals surface area contributed by atoms with Gasteiger partial charge in [-0.3, -0.25) is 9.59 Å². The van der Waals surface area contributed by atoms with Crippen molar-refractivity contribution in [3.05, 3.63) is 83.3 Å². The maximum Gasteiger partial charge on any atom is 0.289 e. The van der Waals surface area contributed by atoms with Crippen molar-refractivity contribution in [3.63, 3.8) is 0 Å². The van der Waals surface area contributed by atoms with Crippen molar-refractivity contribution in [1.29, 1.82) is 0 Å². The van der Waals surface area contributed by atoms with Crippen molar-refractivity contribution in [3.8, 4) is 0 Å². The molecule has 1 aliphatic heterocycles. The Hall–Kier alpha value is -3.43. The molecule has 0 unspecified atom stereocenters. The van der Waals surface area contributed by atoms with Crippen LogP contribution < -0.4 is 5.32 Å². The smallest absolute Gasteiger partial charge is 0.289 e. The monoisotopic (exact) mass is 453 g/mol. The third-order valence-corrected chi connectivity index (χ3v) is 7.22. The maximum absolute atomic E-state index is 12.7. The standard InChI is InChI=1S/C23H23N3O5S/c1-25(2)32(29,30)20-9-6-17(7-10-20)22(27)24-19-8-5-16-11-12-26(15-18(16)14-19)23(28)21-4-3-13-31-21/h3-10,13-14H,11-12,15H2,1-2H3,(H,24,27). The van der Waals surface area contributed by atoms with Gasteiger partial charge in [0.25, 0.3) is 11.8 Å². The first-order valence-electron chi connectivity index (χ1n) is 10.0. The summed E-state index contributed by atoms with van der Waals surface area (Å²) in [4.78, 5) is 27.1. The van der Waals surface area contributed by atoms with Gasteiger partial charge in [0.05, 0.1) is 11.2 Å². The van der Waals surface area contributed by atoms with Crippen LogP contribution in [0.4, 0.5) is 5.69 Å². The van der Waals surface area contributed by atoms with Gasteiger partial charge >= 0.3 is 0 Å². The van der Waals surface area contributed by atoms with E-state index in [-0.39, 0.29) is 16.7 Å². The van der Waals surface area contributed by atoms with E-state index in [2.05, 4.69) is 5.32 Å². The summed E-state index contributed by atoms with van der Waals surface area (Å²) >= 11 is 0. The molecule has 0 fully saturated rings. The molecule has 0 saturated carbocycles. The summed E-state index contributed by atoms with van der Waals surface area (Å²) in [5.41, 5.74) is 3.03. The van der Waals surface area contributed by atoms with E-state index < -0.39 is 10.0 Å². The van der Waals surface area contributed by atoms with Crippen LogP contribution in [0, 0.1) is 0 Å². The molecule has 9 heteroatoms. The largest absolute Gasteiger partial charge is 0.459 e. The molecule has 3 aromatic rings. The number of nitrogens with one attached hydrogen (secondary N) is 1. The van der Waals surface area contributed by atoms with Crippen molar-refractivity contribution in [1.82, 2.24) is 9.21 Å². The zero-order valence-corrected chi connectivity index (χ0v) is 18.6. The number of anilines is 1. The van der Waals surface area contributed by atoms with E-state index in [9.17, 15) is 18.0 Å². The first-order valence-corrected chi connectivity index (χ1v) is 11.5. The highest BCUT2D eigenvalue weighted by Crippen LogP contribution is 2.24. The molecule has 2 aromatic carbocycles. The lowest BCUT2D eigenvalue weighted by Gasteiger charge is -2.28. The molecule has 0 spiro atoms. The molecule has 1 aliphatic rings. The van der Waals surface area contributed by atoms with Crippen LogP contribution in [0.2, 0.25) is 0 Å². The van der Waals surface area contributed by atoms with Crippen molar-refractivity contribution in [2.24, 2.45) is 0 Å². The summed E-state index contributed by atoms with van der Waals surface area (Å²) in [5.74, 6) is -0.210. The molecule has 2 amide bonds. The second-order valence-corrected chi connectivity index (χ2v) is 9.86. The van der Waals surface area contributed by atoms with Gasteiger partial charge in [0.15, 0.2) is 5.76 Å². The van der Waals surface area contributed by atoms with Gasteiger partial charge in [-0.25, -0.2) is 12.7 Å². The molecule has 0 radical (unpaired) electrons. The van der Waals surface area contributed by atoms with E-state index in [0.717, 1.165) is 21.9 Å². The Morgan fingerprint density at radius 3 is 2.44 bits per heavy atom. The number of benzene rings is 2. The third kappa shape index (κ3) is 4.30. The van der Waals surface area contributed by atoms with Gasteiger partial charge in [-0.05, 0) is 66.1 Å². The van der Waals surface area contributed by atoms with Crippen LogP contribution in [0.3, 0.4) is 0 Å². The summed E-state index contributed by atoms with van der Waals surface area (Å²) in [6.07, 6.45) is 2.19. The number of rotatable bonds is 5. The van der Waals surface area contributed by atoms with Crippen LogP contribution in [-0.4, -0.2) is 50.1 Å². The number of hydrogen-bond donors (Lipinski definition) is 1. The first-order chi connectivity index (χ1) is 15.3. The summed E-state index contributed by atoms with van der Waals surface area (Å²) in [5, 5.41) is 2.84. The molecule has 1 N–H and O–H groups in total. The Kier molecular flexibility index (Phi) is 5.86. The van der Waals surface area contributed by atoms with Crippen LogP contribution in [0.15, 0.2) is 70.2 Å². The van der Waals surface area contributed by atoms with Gasteiger partial charge in [-0.15, -0.1) is 0 Å². The number of carbonyl (C=O) groups is 2. The number of sulfonamides is 1. The van der Waals surface area contributed by atoms with E-state index in [1.165, 1.54) is 44.6 Å². The quantitative estimate of drug-likeness (QED) is 0.640. The van der Waals surface area contributed by atoms with Crippen molar-refractivity contribution < 1.29 is 22.4 Å². The average Bonchev–Trinajstić information content (AvgIpc) is 3.33. The van der Waals surface area contributed by atoms with Gasteiger partial charge in [-0.2, -0.15) is 0 Å². The highest BCUT2D eigenvalue weighted by molar-refractivity contribution is 7.89. The number of carbonyl (C=O) groups excluding carboxylic acids is 2. The topological polar surface area (TPSA) is 99.9 Å². The predicted octanol–water partition coefficient (Wildman–Crippen LogP) is 2.98. The minimum Gasteiger partial charge on any atom is -0.459 e. The first kappa shape index (κ1) is 21.8. The van der Waals surface area contributed by atoms with E-state index >= 15 is 0 Å². The fourth-order valence-corrected chi connectivity index (χ4v) is 4.46. The maximum atomic E-state index is 12.7. The highest BCUT2D eigenvalue weighted by Gasteiger charge is 2.24. The number of hydrogen-bond acceptors (Lipinski definition) is 5. The van der Waals surface area contributed by atoms with Crippen LogP contribution in [0.1, 0.15) is 32.0 Å². The molecule has 8 nitrogen and oxygen atoms in total. The molecular weight excluding hydrogens is 430 g/mol. The number of fused-ring (bicyclic) bond motifs is 1. The molecule has 0 saturated heterocycles. The molecule has 32 heavy (non-hydrogen) atoms. The lowest BCUT2D eigenvalue weighted by Crippen LogP contribution is -2.35. The number of amides is 2. The minimum absolute atomic E-state index is 0.120. The van der Waals surface area contributed by atoms with Crippen LogP contribution in [0.5, 0.6) is 0 Å². The molecule has 1 aromatic heterocycles.